The molecular formula is C23H29N3O3S. The third kappa shape index (κ3) is 6.29. The Kier molecular flexibility index (Phi) is 7.85. The second kappa shape index (κ2) is 10.6. The predicted molar refractivity (Wildman–Crippen MR) is 117 cm³/mol. The zero-order valence-electron chi connectivity index (χ0n) is 17.8. The predicted octanol–water partition coefficient (Wildman–Crippen LogP) is 4.24. The molecule has 6 nitrogen and oxygen atoms in total. The molecule has 0 spiro atoms. The second-order valence-electron chi connectivity index (χ2n) is 7.89. The minimum absolute atomic E-state index is 0.173. The average molecular weight is 428 g/mol. The third-order valence-corrected chi connectivity index (χ3v) is 6.24. The summed E-state index contributed by atoms with van der Waals surface area (Å²) in [7, 11) is 0. The SMILES string of the molecule is Cc1cc(C)nc(SCc2ccccc2C(=O)OCC(=O)N[C@H]2CCCC[C@@H]2C)n1. The molecule has 1 aliphatic carbocycles. The molecule has 1 aromatic heterocycles. The van der Waals surface area contributed by atoms with Crippen molar-refractivity contribution in [3.63, 3.8) is 0 Å². The van der Waals surface area contributed by atoms with Gasteiger partial charge >= 0.3 is 5.97 Å². The van der Waals surface area contributed by atoms with Gasteiger partial charge in [-0.05, 0) is 50.3 Å². The fourth-order valence-corrected chi connectivity index (χ4v) is 4.69. The van der Waals surface area contributed by atoms with Gasteiger partial charge in [-0.3, -0.25) is 4.79 Å². The molecule has 0 unspecified atom stereocenters. The highest BCUT2D eigenvalue weighted by atomic mass is 32.2. The Morgan fingerprint density at radius 2 is 1.83 bits per heavy atom. The maximum absolute atomic E-state index is 12.6. The van der Waals surface area contributed by atoms with Crippen LogP contribution in [0.5, 0.6) is 0 Å². The number of rotatable bonds is 7. The topological polar surface area (TPSA) is 81.2 Å². The van der Waals surface area contributed by atoms with Crippen LogP contribution >= 0.6 is 11.8 Å². The number of carbonyl (C=O) groups excluding carboxylic acids is 2. The van der Waals surface area contributed by atoms with Gasteiger partial charge < -0.3 is 10.1 Å². The molecule has 0 radical (unpaired) electrons. The van der Waals surface area contributed by atoms with E-state index in [0.29, 0.717) is 22.4 Å². The summed E-state index contributed by atoms with van der Waals surface area (Å²) in [4.78, 5) is 33.7. The van der Waals surface area contributed by atoms with E-state index in [4.69, 9.17) is 4.74 Å². The molecule has 2 aromatic rings. The van der Waals surface area contributed by atoms with Gasteiger partial charge in [-0.2, -0.15) is 0 Å². The minimum atomic E-state index is -0.487. The molecule has 1 aliphatic rings. The average Bonchev–Trinajstić information content (AvgIpc) is 2.72. The first-order valence-electron chi connectivity index (χ1n) is 10.4. The maximum Gasteiger partial charge on any atom is 0.338 e. The number of amides is 1. The Morgan fingerprint density at radius 3 is 2.57 bits per heavy atom. The molecule has 0 bridgehead atoms. The van der Waals surface area contributed by atoms with Crippen molar-refractivity contribution < 1.29 is 14.3 Å². The normalized spacial score (nSPS) is 18.6. The van der Waals surface area contributed by atoms with Crippen LogP contribution in [-0.2, 0) is 15.3 Å². The highest BCUT2D eigenvalue weighted by molar-refractivity contribution is 7.98. The Labute approximate surface area is 182 Å². The standard InChI is InChI=1S/C23H29N3O3S/c1-15-8-4-7-11-20(15)26-21(27)13-29-22(28)19-10-6-5-9-18(19)14-30-23-24-16(2)12-17(3)25-23/h5-6,9-10,12,15,20H,4,7-8,11,13-14H2,1-3H3,(H,26,27)/t15-,20-/m0/s1. The van der Waals surface area contributed by atoms with Crippen LogP contribution in [0.2, 0.25) is 0 Å². The number of nitrogens with one attached hydrogen (secondary N) is 1. The number of esters is 1. The van der Waals surface area contributed by atoms with Gasteiger partial charge in [0.2, 0.25) is 0 Å². The first kappa shape index (κ1) is 22.3. The molecule has 1 amide bonds. The minimum Gasteiger partial charge on any atom is -0.452 e. The number of benzene rings is 1. The number of hydrogen-bond donors (Lipinski definition) is 1. The first-order chi connectivity index (χ1) is 14.4. The van der Waals surface area contributed by atoms with Crippen LogP contribution in [0.1, 0.15) is 59.9 Å². The van der Waals surface area contributed by atoms with Crippen molar-refractivity contribution in [3.8, 4) is 0 Å². The van der Waals surface area contributed by atoms with Crippen molar-refractivity contribution in [2.24, 2.45) is 5.92 Å². The van der Waals surface area contributed by atoms with Gasteiger partial charge in [-0.25, -0.2) is 14.8 Å². The zero-order chi connectivity index (χ0) is 21.5. The van der Waals surface area contributed by atoms with Crippen molar-refractivity contribution in [1.82, 2.24) is 15.3 Å². The lowest BCUT2D eigenvalue weighted by molar-refractivity contribution is -0.125. The van der Waals surface area contributed by atoms with Crippen molar-refractivity contribution >= 4 is 23.6 Å². The lowest BCUT2D eigenvalue weighted by atomic mass is 9.86. The van der Waals surface area contributed by atoms with Crippen LogP contribution in [0.4, 0.5) is 0 Å². The number of aromatic nitrogens is 2. The molecule has 160 valence electrons. The van der Waals surface area contributed by atoms with Gasteiger partial charge in [-0.1, -0.05) is 49.7 Å². The third-order valence-electron chi connectivity index (χ3n) is 5.35. The summed E-state index contributed by atoms with van der Waals surface area (Å²) < 4.78 is 5.31. The van der Waals surface area contributed by atoms with E-state index in [9.17, 15) is 9.59 Å². The second-order valence-corrected chi connectivity index (χ2v) is 8.83. The summed E-state index contributed by atoms with van der Waals surface area (Å²) in [6.07, 6.45) is 4.45. The monoisotopic (exact) mass is 427 g/mol. The Hall–Kier alpha value is -2.41. The fourth-order valence-electron chi connectivity index (χ4n) is 3.73. The van der Waals surface area contributed by atoms with Crippen molar-refractivity contribution in [2.45, 2.75) is 63.4 Å². The molecule has 1 saturated carbocycles. The van der Waals surface area contributed by atoms with Gasteiger partial charge in [0.05, 0.1) is 5.56 Å². The smallest absolute Gasteiger partial charge is 0.338 e. The molecule has 0 aliphatic heterocycles. The molecule has 1 heterocycles. The summed E-state index contributed by atoms with van der Waals surface area (Å²) in [5.74, 6) is 0.278. The first-order valence-corrected chi connectivity index (χ1v) is 11.4. The fraction of sp³-hybridized carbons (Fsp3) is 0.478. The zero-order valence-corrected chi connectivity index (χ0v) is 18.6. The van der Waals surface area contributed by atoms with Crippen molar-refractivity contribution in [2.75, 3.05) is 6.61 Å². The van der Waals surface area contributed by atoms with E-state index in [0.717, 1.165) is 36.2 Å². The lowest BCUT2D eigenvalue weighted by Gasteiger charge is -2.29. The van der Waals surface area contributed by atoms with Crippen LogP contribution in [0.3, 0.4) is 0 Å². The maximum atomic E-state index is 12.6. The van der Waals surface area contributed by atoms with E-state index in [-0.39, 0.29) is 18.6 Å². The molecule has 30 heavy (non-hydrogen) atoms. The molecule has 1 aromatic carbocycles. The summed E-state index contributed by atoms with van der Waals surface area (Å²) in [5.41, 5.74) is 3.12. The molecule has 7 heteroatoms. The largest absolute Gasteiger partial charge is 0.452 e. The summed E-state index contributed by atoms with van der Waals surface area (Å²) >= 11 is 1.47. The van der Waals surface area contributed by atoms with E-state index < -0.39 is 5.97 Å². The summed E-state index contributed by atoms with van der Waals surface area (Å²) in [5, 5.41) is 3.69. The molecular weight excluding hydrogens is 398 g/mol. The van der Waals surface area contributed by atoms with Crippen LogP contribution < -0.4 is 5.32 Å². The number of hydrogen-bond acceptors (Lipinski definition) is 6. The quantitative estimate of drug-likeness (QED) is 0.404. The Balaban J connectivity index is 1.56. The number of carbonyl (C=O) groups is 2. The summed E-state index contributed by atoms with van der Waals surface area (Å²) in [6.45, 7) is 5.76. The summed E-state index contributed by atoms with van der Waals surface area (Å²) in [6, 6.07) is 9.38. The van der Waals surface area contributed by atoms with Crippen molar-refractivity contribution in [3.05, 3.63) is 52.8 Å². The van der Waals surface area contributed by atoms with Gasteiger partial charge in [0.1, 0.15) is 0 Å². The van der Waals surface area contributed by atoms with E-state index in [2.05, 4.69) is 22.2 Å². The van der Waals surface area contributed by atoms with Gasteiger partial charge in [0, 0.05) is 23.2 Å². The van der Waals surface area contributed by atoms with Crippen molar-refractivity contribution in [1.29, 1.82) is 0 Å². The van der Waals surface area contributed by atoms with E-state index >= 15 is 0 Å². The van der Waals surface area contributed by atoms with Crippen LogP contribution in [0.15, 0.2) is 35.5 Å². The highest BCUT2D eigenvalue weighted by Gasteiger charge is 2.23. The lowest BCUT2D eigenvalue weighted by Crippen LogP contribution is -2.42. The Bertz CT molecular complexity index is 883. The van der Waals surface area contributed by atoms with Gasteiger partial charge in [0.25, 0.3) is 5.91 Å². The van der Waals surface area contributed by atoms with E-state index in [1.165, 1.54) is 18.2 Å². The Morgan fingerprint density at radius 1 is 1.13 bits per heavy atom. The molecule has 3 rings (SSSR count). The number of aryl methyl sites for hydroxylation is 2. The van der Waals surface area contributed by atoms with E-state index in [1.54, 1.807) is 12.1 Å². The molecule has 1 fully saturated rings. The number of nitrogens with zero attached hydrogens (tertiary/aromatic N) is 2. The van der Waals surface area contributed by atoms with Crippen LogP contribution in [-0.4, -0.2) is 34.5 Å². The van der Waals surface area contributed by atoms with E-state index in [1.807, 2.05) is 32.0 Å². The molecule has 0 saturated heterocycles. The van der Waals surface area contributed by atoms with Gasteiger partial charge in [-0.15, -0.1) is 0 Å². The highest BCUT2D eigenvalue weighted by Crippen LogP contribution is 2.24. The molecule has 1 N–H and O–H groups in total. The van der Waals surface area contributed by atoms with Gasteiger partial charge in [0.15, 0.2) is 11.8 Å². The van der Waals surface area contributed by atoms with Crippen LogP contribution in [0, 0.1) is 19.8 Å². The molecule has 2 atom stereocenters. The number of thioether (sulfide) groups is 1. The van der Waals surface area contributed by atoms with Crippen LogP contribution in [0.25, 0.3) is 0 Å². The number of ether oxygens (including phenoxy) is 1.